The summed E-state index contributed by atoms with van der Waals surface area (Å²) in [4.78, 5) is 12.2. The van der Waals surface area contributed by atoms with E-state index in [1.165, 1.54) is 12.8 Å². The Morgan fingerprint density at radius 2 is 2.00 bits per heavy atom. The molecule has 0 bridgehead atoms. The number of aryl methyl sites for hydroxylation is 1. The molecule has 0 unspecified atom stereocenters. The molecular formula is C15H22N2OS. The number of thioether (sulfide) groups is 1. The molecule has 104 valence electrons. The molecule has 4 heteroatoms. The molecule has 3 nitrogen and oxygen atoms in total. The van der Waals surface area contributed by atoms with Crippen LogP contribution in [0.5, 0.6) is 0 Å². The van der Waals surface area contributed by atoms with Crippen molar-refractivity contribution in [2.24, 2.45) is 0 Å². The fraction of sp³-hybridized carbons (Fsp3) is 0.533. The third-order valence-corrected chi connectivity index (χ3v) is 5.01. The third-order valence-electron chi connectivity index (χ3n) is 3.87. The van der Waals surface area contributed by atoms with Crippen molar-refractivity contribution in [1.29, 1.82) is 0 Å². The maximum Gasteiger partial charge on any atom is 0.251 e. The molecule has 1 fully saturated rings. The van der Waals surface area contributed by atoms with Crippen molar-refractivity contribution in [2.45, 2.75) is 43.9 Å². The van der Waals surface area contributed by atoms with E-state index < -0.39 is 0 Å². The van der Waals surface area contributed by atoms with Gasteiger partial charge in [-0.3, -0.25) is 4.79 Å². The second-order valence-corrected chi connectivity index (χ2v) is 6.39. The third kappa shape index (κ3) is 3.66. The van der Waals surface area contributed by atoms with Crippen LogP contribution in [0.2, 0.25) is 0 Å². The van der Waals surface area contributed by atoms with Crippen LogP contribution in [-0.2, 0) is 0 Å². The molecule has 0 heterocycles. The first-order valence-electron chi connectivity index (χ1n) is 6.80. The van der Waals surface area contributed by atoms with Crippen molar-refractivity contribution in [3.63, 3.8) is 0 Å². The highest BCUT2D eigenvalue weighted by atomic mass is 32.2. The zero-order valence-electron chi connectivity index (χ0n) is 11.6. The van der Waals surface area contributed by atoms with Gasteiger partial charge in [-0.15, -0.1) is 0 Å². The van der Waals surface area contributed by atoms with Crippen molar-refractivity contribution < 1.29 is 4.79 Å². The van der Waals surface area contributed by atoms with Gasteiger partial charge in [-0.1, -0.05) is 0 Å². The Morgan fingerprint density at radius 3 is 2.58 bits per heavy atom. The van der Waals surface area contributed by atoms with Gasteiger partial charge in [0, 0.05) is 22.5 Å². The van der Waals surface area contributed by atoms with Crippen molar-refractivity contribution in [2.75, 3.05) is 12.0 Å². The molecule has 1 aliphatic rings. The number of anilines is 1. The number of nitrogens with two attached hydrogens (primary N) is 1. The number of carbonyl (C=O) groups excluding carboxylic acids is 1. The van der Waals surface area contributed by atoms with Gasteiger partial charge in [0.25, 0.3) is 5.91 Å². The standard InChI is InChI=1S/C15H22N2OS/c1-10-9-11(3-8-14(10)16)15(18)17-12-4-6-13(19-2)7-5-12/h3,8-9,12-13H,4-7,16H2,1-2H3,(H,17,18). The lowest BCUT2D eigenvalue weighted by molar-refractivity contribution is 0.0928. The summed E-state index contributed by atoms with van der Waals surface area (Å²) in [5, 5.41) is 3.91. The summed E-state index contributed by atoms with van der Waals surface area (Å²) in [6.45, 7) is 1.93. The number of amides is 1. The highest BCUT2D eigenvalue weighted by Gasteiger charge is 2.22. The number of hydrogen-bond donors (Lipinski definition) is 2. The zero-order valence-corrected chi connectivity index (χ0v) is 12.4. The Morgan fingerprint density at radius 1 is 1.32 bits per heavy atom. The van der Waals surface area contributed by atoms with Gasteiger partial charge in [0.05, 0.1) is 0 Å². The van der Waals surface area contributed by atoms with Crippen LogP contribution in [0.15, 0.2) is 18.2 Å². The Balaban J connectivity index is 1.92. The molecule has 19 heavy (non-hydrogen) atoms. The average molecular weight is 278 g/mol. The normalized spacial score (nSPS) is 23.1. The van der Waals surface area contributed by atoms with Crippen LogP contribution < -0.4 is 11.1 Å². The molecule has 1 amide bonds. The van der Waals surface area contributed by atoms with E-state index in [0.29, 0.717) is 11.6 Å². The zero-order chi connectivity index (χ0) is 13.8. The van der Waals surface area contributed by atoms with Gasteiger partial charge < -0.3 is 11.1 Å². The number of nitrogen functional groups attached to an aromatic ring is 1. The molecule has 1 saturated carbocycles. The maximum absolute atomic E-state index is 12.2. The largest absolute Gasteiger partial charge is 0.399 e. The van der Waals surface area contributed by atoms with Gasteiger partial charge in [0.1, 0.15) is 0 Å². The van der Waals surface area contributed by atoms with E-state index in [-0.39, 0.29) is 5.91 Å². The quantitative estimate of drug-likeness (QED) is 0.836. The van der Waals surface area contributed by atoms with Crippen LogP contribution >= 0.6 is 11.8 Å². The molecule has 1 aromatic carbocycles. The number of nitrogens with one attached hydrogen (secondary N) is 1. The molecule has 0 aliphatic heterocycles. The first-order chi connectivity index (χ1) is 9.10. The molecule has 0 aromatic heterocycles. The van der Waals surface area contributed by atoms with Gasteiger partial charge >= 0.3 is 0 Å². The van der Waals surface area contributed by atoms with Crippen molar-refractivity contribution in [3.05, 3.63) is 29.3 Å². The first kappa shape index (κ1) is 14.3. The second kappa shape index (κ2) is 6.33. The van der Waals surface area contributed by atoms with Gasteiger partial charge in [-0.2, -0.15) is 11.8 Å². The summed E-state index contributed by atoms with van der Waals surface area (Å²) < 4.78 is 0. The van der Waals surface area contributed by atoms with Crippen LogP contribution in [0.25, 0.3) is 0 Å². The Labute approximate surface area is 119 Å². The first-order valence-corrected chi connectivity index (χ1v) is 8.08. The molecule has 2 rings (SSSR count). The van der Waals surface area contributed by atoms with Crippen LogP contribution in [-0.4, -0.2) is 23.5 Å². The number of carbonyl (C=O) groups is 1. The minimum absolute atomic E-state index is 0.0238. The van der Waals surface area contributed by atoms with Gasteiger partial charge in [-0.05, 0) is 62.6 Å². The lowest BCUT2D eigenvalue weighted by atomic mass is 9.94. The number of rotatable bonds is 3. The summed E-state index contributed by atoms with van der Waals surface area (Å²) in [5.41, 5.74) is 8.17. The van der Waals surface area contributed by atoms with E-state index in [9.17, 15) is 4.79 Å². The lowest BCUT2D eigenvalue weighted by Gasteiger charge is -2.28. The topological polar surface area (TPSA) is 55.1 Å². The van der Waals surface area contributed by atoms with E-state index in [0.717, 1.165) is 29.3 Å². The average Bonchev–Trinajstić information content (AvgIpc) is 2.42. The van der Waals surface area contributed by atoms with Crippen molar-refractivity contribution in [3.8, 4) is 0 Å². The Kier molecular flexibility index (Phi) is 4.75. The van der Waals surface area contributed by atoms with E-state index in [1.54, 1.807) is 12.1 Å². The number of hydrogen-bond acceptors (Lipinski definition) is 3. The van der Waals surface area contributed by atoms with E-state index in [2.05, 4.69) is 11.6 Å². The minimum atomic E-state index is 0.0238. The number of benzene rings is 1. The van der Waals surface area contributed by atoms with Gasteiger partial charge in [-0.25, -0.2) is 0 Å². The van der Waals surface area contributed by atoms with E-state index in [4.69, 9.17) is 5.73 Å². The summed E-state index contributed by atoms with van der Waals surface area (Å²) >= 11 is 1.94. The summed E-state index contributed by atoms with van der Waals surface area (Å²) in [5.74, 6) is 0.0238. The Bertz CT molecular complexity index is 453. The SMILES string of the molecule is CSC1CCC(NC(=O)c2ccc(N)c(C)c2)CC1. The molecule has 1 aromatic rings. The second-order valence-electron chi connectivity index (χ2n) is 5.25. The maximum atomic E-state index is 12.2. The van der Waals surface area contributed by atoms with Crippen LogP contribution in [0.1, 0.15) is 41.6 Å². The van der Waals surface area contributed by atoms with Gasteiger partial charge in [0.15, 0.2) is 0 Å². The molecule has 0 saturated heterocycles. The predicted octanol–water partition coefficient (Wildman–Crippen LogP) is 2.98. The summed E-state index contributed by atoms with van der Waals surface area (Å²) in [6, 6.07) is 5.78. The fourth-order valence-corrected chi connectivity index (χ4v) is 3.27. The highest BCUT2D eigenvalue weighted by Crippen LogP contribution is 2.27. The molecule has 0 atom stereocenters. The molecule has 0 spiro atoms. The lowest BCUT2D eigenvalue weighted by Crippen LogP contribution is -2.38. The van der Waals surface area contributed by atoms with Crippen molar-refractivity contribution >= 4 is 23.4 Å². The molecule has 3 N–H and O–H groups in total. The van der Waals surface area contributed by atoms with Crippen LogP contribution in [0, 0.1) is 6.92 Å². The molecule has 1 aliphatic carbocycles. The predicted molar refractivity (Wildman–Crippen MR) is 82.6 cm³/mol. The summed E-state index contributed by atoms with van der Waals surface area (Å²) in [6.07, 6.45) is 6.75. The Hall–Kier alpha value is -1.16. The highest BCUT2D eigenvalue weighted by molar-refractivity contribution is 7.99. The van der Waals surface area contributed by atoms with Crippen molar-refractivity contribution in [1.82, 2.24) is 5.32 Å². The summed E-state index contributed by atoms with van der Waals surface area (Å²) in [7, 11) is 0. The van der Waals surface area contributed by atoms with Gasteiger partial charge in [0.2, 0.25) is 0 Å². The monoisotopic (exact) mass is 278 g/mol. The van der Waals surface area contributed by atoms with Crippen LogP contribution in [0.3, 0.4) is 0 Å². The molecular weight excluding hydrogens is 256 g/mol. The van der Waals surface area contributed by atoms with E-state index >= 15 is 0 Å². The fourth-order valence-electron chi connectivity index (χ4n) is 2.53. The molecule has 0 radical (unpaired) electrons. The van der Waals surface area contributed by atoms with Crippen LogP contribution in [0.4, 0.5) is 5.69 Å². The smallest absolute Gasteiger partial charge is 0.251 e. The minimum Gasteiger partial charge on any atom is -0.399 e. The van der Waals surface area contributed by atoms with E-state index in [1.807, 2.05) is 24.8 Å².